The number of carbonyl (C=O) groups excluding carboxylic acids is 1. The lowest BCUT2D eigenvalue weighted by atomic mass is 9.88. The second-order valence-corrected chi connectivity index (χ2v) is 6.27. The van der Waals surface area contributed by atoms with E-state index in [4.69, 9.17) is 0 Å². The van der Waals surface area contributed by atoms with E-state index in [2.05, 4.69) is 5.32 Å². The van der Waals surface area contributed by atoms with Crippen LogP contribution in [0.4, 0.5) is 4.39 Å². The van der Waals surface area contributed by atoms with Gasteiger partial charge in [-0.25, -0.2) is 4.39 Å². The third kappa shape index (κ3) is 3.44. The molecule has 2 fully saturated rings. The second-order valence-electron chi connectivity index (χ2n) is 6.27. The summed E-state index contributed by atoms with van der Waals surface area (Å²) in [4.78, 5) is 14.3. The van der Waals surface area contributed by atoms with E-state index in [9.17, 15) is 9.18 Å². The molecule has 0 radical (unpaired) electrons. The van der Waals surface area contributed by atoms with Crippen LogP contribution in [0.3, 0.4) is 0 Å². The fraction of sp³-hybridized carbons (Fsp3) is 0.588. The van der Waals surface area contributed by atoms with E-state index >= 15 is 0 Å². The molecule has 0 aliphatic carbocycles. The number of nitrogens with zero attached hydrogens (tertiary/aromatic N) is 1. The molecular formula is C17H24ClFN2O. The molecule has 2 saturated heterocycles. The summed E-state index contributed by atoms with van der Waals surface area (Å²) in [6, 6.07) is 5.67. The first-order valence-corrected chi connectivity index (χ1v) is 7.94. The summed E-state index contributed by atoms with van der Waals surface area (Å²) in [7, 11) is 0. The summed E-state index contributed by atoms with van der Waals surface area (Å²) in [5, 5.41) is 3.56. The first kappa shape index (κ1) is 17.2. The van der Waals surface area contributed by atoms with Gasteiger partial charge in [-0.05, 0) is 56.7 Å². The molecule has 1 amide bonds. The molecule has 1 unspecified atom stereocenters. The van der Waals surface area contributed by atoms with Crippen LogP contribution < -0.4 is 5.32 Å². The van der Waals surface area contributed by atoms with Gasteiger partial charge in [-0.15, -0.1) is 12.4 Å². The van der Waals surface area contributed by atoms with Crippen molar-refractivity contribution in [1.29, 1.82) is 0 Å². The number of hydrogen-bond acceptors (Lipinski definition) is 2. The van der Waals surface area contributed by atoms with Crippen LogP contribution in [-0.2, 0) is 0 Å². The summed E-state index contributed by atoms with van der Waals surface area (Å²) >= 11 is 0. The van der Waals surface area contributed by atoms with Gasteiger partial charge in [-0.1, -0.05) is 12.1 Å². The molecule has 0 spiro atoms. The summed E-state index contributed by atoms with van der Waals surface area (Å²) in [6.07, 6.45) is 4.57. The maximum atomic E-state index is 14.1. The molecule has 2 aliphatic rings. The van der Waals surface area contributed by atoms with Crippen molar-refractivity contribution in [2.24, 2.45) is 5.92 Å². The predicted octanol–water partition coefficient (Wildman–Crippen LogP) is 3.16. The van der Waals surface area contributed by atoms with Crippen LogP contribution in [0.15, 0.2) is 18.2 Å². The predicted molar refractivity (Wildman–Crippen MR) is 88.0 cm³/mol. The Morgan fingerprint density at radius 3 is 2.64 bits per heavy atom. The van der Waals surface area contributed by atoms with Gasteiger partial charge in [0.05, 0.1) is 5.56 Å². The number of nitrogens with one attached hydrogen (secondary N) is 1. The van der Waals surface area contributed by atoms with Crippen molar-refractivity contribution in [2.45, 2.75) is 38.6 Å². The number of benzene rings is 1. The van der Waals surface area contributed by atoms with E-state index in [1.807, 2.05) is 4.90 Å². The summed E-state index contributed by atoms with van der Waals surface area (Å²) in [5.41, 5.74) is 0.748. The summed E-state index contributed by atoms with van der Waals surface area (Å²) in [5.74, 6) is 0.134. The van der Waals surface area contributed by atoms with Crippen molar-refractivity contribution in [3.8, 4) is 0 Å². The smallest absolute Gasteiger partial charge is 0.256 e. The average Bonchev–Trinajstić information content (AvgIpc) is 3.04. The van der Waals surface area contributed by atoms with E-state index in [1.165, 1.54) is 12.8 Å². The van der Waals surface area contributed by atoms with Crippen molar-refractivity contribution >= 4 is 18.3 Å². The lowest BCUT2D eigenvalue weighted by Crippen LogP contribution is -2.43. The van der Waals surface area contributed by atoms with Gasteiger partial charge >= 0.3 is 0 Å². The molecule has 1 atom stereocenters. The monoisotopic (exact) mass is 326 g/mol. The normalized spacial score (nSPS) is 22.5. The van der Waals surface area contributed by atoms with Gasteiger partial charge in [0, 0.05) is 19.1 Å². The largest absolute Gasteiger partial charge is 0.339 e. The highest BCUT2D eigenvalue weighted by Gasteiger charge is 2.30. The quantitative estimate of drug-likeness (QED) is 0.905. The number of hydrogen-bond donors (Lipinski definition) is 1. The van der Waals surface area contributed by atoms with Gasteiger partial charge in [-0.2, -0.15) is 0 Å². The maximum Gasteiger partial charge on any atom is 0.256 e. The van der Waals surface area contributed by atoms with E-state index in [0.717, 1.165) is 32.5 Å². The molecule has 1 N–H and O–H groups in total. The van der Waals surface area contributed by atoms with Gasteiger partial charge in [0.15, 0.2) is 0 Å². The lowest BCUT2D eigenvalue weighted by Gasteiger charge is -2.35. The number of rotatable bonds is 2. The molecule has 2 aliphatic heterocycles. The highest BCUT2D eigenvalue weighted by Crippen LogP contribution is 2.26. The zero-order chi connectivity index (χ0) is 14.8. The molecule has 5 heteroatoms. The minimum Gasteiger partial charge on any atom is -0.339 e. The minimum absolute atomic E-state index is 0. The number of amides is 1. The topological polar surface area (TPSA) is 32.3 Å². The van der Waals surface area contributed by atoms with Crippen molar-refractivity contribution in [2.75, 3.05) is 19.6 Å². The fourth-order valence-corrected chi connectivity index (χ4v) is 3.60. The van der Waals surface area contributed by atoms with Crippen molar-refractivity contribution in [3.05, 3.63) is 35.1 Å². The maximum absolute atomic E-state index is 14.1. The van der Waals surface area contributed by atoms with Gasteiger partial charge in [-0.3, -0.25) is 4.79 Å². The Morgan fingerprint density at radius 1 is 1.27 bits per heavy atom. The van der Waals surface area contributed by atoms with E-state index < -0.39 is 0 Å². The van der Waals surface area contributed by atoms with Gasteiger partial charge in [0.2, 0.25) is 0 Å². The number of carbonyl (C=O) groups is 1. The molecule has 3 nitrogen and oxygen atoms in total. The number of piperidine rings is 1. The van der Waals surface area contributed by atoms with E-state index in [-0.39, 0.29) is 29.7 Å². The molecule has 1 aromatic carbocycles. The van der Waals surface area contributed by atoms with Crippen LogP contribution in [0.25, 0.3) is 0 Å². The van der Waals surface area contributed by atoms with Gasteiger partial charge in [0.1, 0.15) is 5.82 Å². The molecule has 122 valence electrons. The van der Waals surface area contributed by atoms with Crippen LogP contribution in [0, 0.1) is 18.7 Å². The Labute approximate surface area is 137 Å². The summed E-state index contributed by atoms with van der Waals surface area (Å²) in [6.45, 7) is 4.31. The van der Waals surface area contributed by atoms with Crippen LogP contribution in [-0.4, -0.2) is 36.5 Å². The molecular weight excluding hydrogens is 303 g/mol. The van der Waals surface area contributed by atoms with Crippen LogP contribution in [0.2, 0.25) is 0 Å². The third-order valence-electron chi connectivity index (χ3n) is 4.92. The lowest BCUT2D eigenvalue weighted by molar-refractivity contribution is 0.0669. The zero-order valence-corrected chi connectivity index (χ0v) is 13.8. The molecule has 0 saturated carbocycles. The Balaban J connectivity index is 0.00000176. The molecule has 0 bridgehead atoms. The van der Waals surface area contributed by atoms with E-state index in [1.54, 1.807) is 25.1 Å². The molecule has 22 heavy (non-hydrogen) atoms. The van der Waals surface area contributed by atoms with Gasteiger partial charge in [0.25, 0.3) is 5.91 Å². The highest BCUT2D eigenvalue weighted by atomic mass is 35.5. The molecule has 1 aromatic rings. The first-order valence-electron chi connectivity index (χ1n) is 7.94. The summed E-state index contributed by atoms with van der Waals surface area (Å²) < 4.78 is 14.1. The SMILES string of the molecule is Cc1cccc(C(=O)N2CCC(C3CCCN3)CC2)c1F.Cl. The minimum atomic E-state index is -0.373. The Morgan fingerprint density at radius 2 is 2.00 bits per heavy atom. The first-order chi connectivity index (χ1) is 10.2. The Hall–Kier alpha value is -1.13. The van der Waals surface area contributed by atoms with Crippen LogP contribution in [0.5, 0.6) is 0 Å². The van der Waals surface area contributed by atoms with Crippen LogP contribution in [0.1, 0.15) is 41.6 Å². The van der Waals surface area contributed by atoms with Crippen molar-refractivity contribution in [1.82, 2.24) is 10.2 Å². The fourth-order valence-electron chi connectivity index (χ4n) is 3.60. The zero-order valence-electron chi connectivity index (χ0n) is 13.0. The van der Waals surface area contributed by atoms with E-state index in [0.29, 0.717) is 17.5 Å². The number of halogens is 2. The Kier molecular flexibility index (Phi) is 5.81. The average molecular weight is 327 g/mol. The Bertz CT molecular complexity index is 523. The second kappa shape index (κ2) is 7.42. The third-order valence-corrected chi connectivity index (χ3v) is 4.92. The standard InChI is InChI=1S/C17H23FN2O.ClH/c1-12-4-2-5-14(16(12)18)17(21)20-10-7-13(8-11-20)15-6-3-9-19-15;/h2,4-5,13,15,19H,3,6-11H2,1H3;1H. The van der Waals surface area contributed by atoms with Crippen LogP contribution >= 0.6 is 12.4 Å². The van der Waals surface area contributed by atoms with Gasteiger partial charge < -0.3 is 10.2 Å². The molecule has 0 aromatic heterocycles. The highest BCUT2D eigenvalue weighted by molar-refractivity contribution is 5.94. The van der Waals surface area contributed by atoms with Crippen molar-refractivity contribution in [3.63, 3.8) is 0 Å². The van der Waals surface area contributed by atoms with Crippen molar-refractivity contribution < 1.29 is 9.18 Å². The number of aryl methyl sites for hydroxylation is 1. The molecule has 2 heterocycles. The number of likely N-dealkylation sites (tertiary alicyclic amines) is 1. The molecule has 3 rings (SSSR count).